The smallest absolute Gasteiger partial charge is 0.249 e. The normalized spacial score (nSPS) is 13.4. The van der Waals surface area contributed by atoms with Gasteiger partial charge in [-0.1, -0.05) is 301 Å². The van der Waals surface area contributed by atoms with Gasteiger partial charge in [0.05, 0.1) is 18.8 Å². The van der Waals surface area contributed by atoms with Gasteiger partial charge in [-0.2, -0.15) is 0 Å². The Bertz CT molecular complexity index is 920. The molecule has 0 bridgehead atoms. The van der Waals surface area contributed by atoms with Crippen LogP contribution in [0.5, 0.6) is 0 Å². The summed E-state index contributed by atoms with van der Waals surface area (Å²) in [4.78, 5) is 12.5. The third kappa shape index (κ3) is 46.8. The molecule has 0 aliphatic carbocycles. The fourth-order valence-corrected chi connectivity index (χ4v) is 8.91. The second-order valence-electron chi connectivity index (χ2n) is 19.5. The van der Waals surface area contributed by atoms with Crippen LogP contribution in [-0.4, -0.2) is 46.1 Å². The van der Waals surface area contributed by atoms with E-state index in [2.05, 4.69) is 31.3 Å². The molecule has 0 saturated heterocycles. The van der Waals surface area contributed by atoms with Gasteiger partial charge in [0.1, 0.15) is 6.10 Å². The maximum atomic E-state index is 12.5. The van der Waals surface area contributed by atoms with E-state index in [1.165, 1.54) is 250 Å². The van der Waals surface area contributed by atoms with Crippen LogP contribution in [0.4, 0.5) is 0 Å². The van der Waals surface area contributed by atoms with E-state index in [0.717, 1.165) is 38.5 Å². The Kier molecular flexibility index (Phi) is 51.5. The molecule has 0 heterocycles. The van der Waals surface area contributed by atoms with E-state index in [9.17, 15) is 20.1 Å². The lowest BCUT2D eigenvalue weighted by molar-refractivity contribution is -0.131. The zero-order valence-corrected chi connectivity index (χ0v) is 42.0. The maximum Gasteiger partial charge on any atom is 0.249 e. The number of hydrogen-bond donors (Lipinski definition) is 4. The molecule has 0 saturated carbocycles. The minimum Gasteiger partial charge on any atom is -0.394 e. The Morgan fingerprint density at radius 2 is 0.661 bits per heavy atom. The van der Waals surface area contributed by atoms with E-state index < -0.39 is 24.2 Å². The average molecular weight is 875 g/mol. The summed E-state index contributed by atoms with van der Waals surface area (Å²) in [5, 5.41) is 33.2. The van der Waals surface area contributed by atoms with Gasteiger partial charge in [0.15, 0.2) is 0 Å². The van der Waals surface area contributed by atoms with Crippen LogP contribution >= 0.6 is 0 Å². The molecule has 62 heavy (non-hydrogen) atoms. The van der Waals surface area contributed by atoms with Crippen LogP contribution < -0.4 is 5.32 Å². The molecule has 4 N–H and O–H groups in total. The number of carbonyl (C=O) groups is 1. The topological polar surface area (TPSA) is 89.8 Å². The molecule has 3 unspecified atom stereocenters. The lowest BCUT2D eigenvalue weighted by Crippen LogP contribution is -2.48. The van der Waals surface area contributed by atoms with Crippen molar-refractivity contribution < 1.29 is 20.1 Å². The van der Waals surface area contributed by atoms with Gasteiger partial charge in [0, 0.05) is 0 Å². The zero-order chi connectivity index (χ0) is 45.1. The number of unbranched alkanes of at least 4 members (excludes halogenated alkanes) is 42. The van der Waals surface area contributed by atoms with E-state index in [1.54, 1.807) is 6.08 Å². The molecule has 5 heteroatoms. The minimum atomic E-state index is -1.10. The number of nitrogens with one attached hydrogen (secondary N) is 1. The fraction of sp³-hybridized carbons (Fsp3) is 0.912. The Morgan fingerprint density at radius 3 is 0.984 bits per heavy atom. The van der Waals surface area contributed by atoms with E-state index in [-0.39, 0.29) is 6.61 Å². The molecule has 0 fully saturated rings. The predicted molar refractivity (Wildman–Crippen MR) is 273 cm³/mol. The summed E-state index contributed by atoms with van der Waals surface area (Å²) >= 11 is 0. The Labute approximate surface area is 388 Å². The van der Waals surface area contributed by atoms with Crippen LogP contribution in [0.3, 0.4) is 0 Å². The van der Waals surface area contributed by atoms with Gasteiger partial charge in [-0.15, -0.1) is 0 Å². The maximum absolute atomic E-state index is 12.5. The van der Waals surface area contributed by atoms with Gasteiger partial charge in [-0.3, -0.25) is 4.79 Å². The molecule has 0 aliphatic heterocycles. The number of allylic oxidation sites excluding steroid dienone is 3. The highest BCUT2D eigenvalue weighted by atomic mass is 16.3. The zero-order valence-electron chi connectivity index (χ0n) is 42.0. The highest BCUT2D eigenvalue weighted by Crippen LogP contribution is 2.18. The van der Waals surface area contributed by atoms with Crippen molar-refractivity contribution in [1.82, 2.24) is 5.32 Å². The first-order valence-corrected chi connectivity index (χ1v) is 28.2. The molecule has 0 aromatic carbocycles. The molecule has 0 aliphatic rings. The minimum absolute atomic E-state index is 0.373. The van der Waals surface area contributed by atoms with Crippen molar-refractivity contribution in [3.05, 3.63) is 24.3 Å². The second kappa shape index (κ2) is 52.5. The van der Waals surface area contributed by atoms with Crippen molar-refractivity contribution in [3.8, 4) is 0 Å². The molecule has 0 radical (unpaired) electrons. The van der Waals surface area contributed by atoms with Gasteiger partial charge in [0.2, 0.25) is 5.91 Å². The van der Waals surface area contributed by atoms with Crippen LogP contribution in [0.15, 0.2) is 24.3 Å². The highest BCUT2D eigenvalue weighted by molar-refractivity contribution is 5.80. The lowest BCUT2D eigenvalue weighted by Gasteiger charge is -2.21. The summed E-state index contributed by atoms with van der Waals surface area (Å²) in [6.45, 7) is 4.19. The van der Waals surface area contributed by atoms with Crippen molar-refractivity contribution in [2.75, 3.05) is 6.61 Å². The van der Waals surface area contributed by atoms with E-state index in [1.807, 2.05) is 6.08 Å². The molecular weight excluding hydrogens is 763 g/mol. The molecule has 0 aromatic rings. The number of aliphatic hydroxyl groups excluding tert-OH is 3. The van der Waals surface area contributed by atoms with E-state index in [4.69, 9.17) is 0 Å². The summed E-state index contributed by atoms with van der Waals surface area (Å²) in [5.74, 6) is -0.508. The lowest BCUT2D eigenvalue weighted by atomic mass is 10.0. The van der Waals surface area contributed by atoms with E-state index in [0.29, 0.717) is 6.42 Å². The van der Waals surface area contributed by atoms with Crippen LogP contribution in [0.25, 0.3) is 0 Å². The second-order valence-corrected chi connectivity index (χ2v) is 19.5. The third-order valence-electron chi connectivity index (χ3n) is 13.3. The monoisotopic (exact) mass is 874 g/mol. The quantitative estimate of drug-likeness (QED) is 0.0362. The van der Waals surface area contributed by atoms with E-state index >= 15 is 0 Å². The molecule has 3 atom stereocenters. The molecule has 1 amide bonds. The summed E-state index contributed by atoms with van der Waals surface area (Å²) in [5.41, 5.74) is 0. The van der Waals surface area contributed by atoms with Crippen LogP contribution in [0.1, 0.15) is 309 Å². The summed E-state index contributed by atoms with van der Waals surface area (Å²) in [6, 6.07) is -0.811. The van der Waals surface area contributed by atoms with Crippen molar-refractivity contribution in [2.24, 2.45) is 0 Å². The number of hydrogen-bond acceptors (Lipinski definition) is 4. The van der Waals surface area contributed by atoms with Gasteiger partial charge in [0.25, 0.3) is 0 Å². The van der Waals surface area contributed by atoms with Gasteiger partial charge < -0.3 is 20.6 Å². The number of rotatable bonds is 52. The molecule has 5 nitrogen and oxygen atoms in total. The van der Waals surface area contributed by atoms with Gasteiger partial charge in [-0.25, -0.2) is 0 Å². The fourth-order valence-electron chi connectivity index (χ4n) is 8.91. The molecule has 0 aromatic heterocycles. The molecular formula is C57H111NO4. The van der Waals surface area contributed by atoms with Crippen LogP contribution in [0, 0.1) is 0 Å². The highest BCUT2D eigenvalue weighted by Gasteiger charge is 2.22. The van der Waals surface area contributed by atoms with Crippen molar-refractivity contribution in [3.63, 3.8) is 0 Å². The largest absolute Gasteiger partial charge is 0.394 e. The summed E-state index contributed by atoms with van der Waals surface area (Å²) < 4.78 is 0. The van der Waals surface area contributed by atoms with Crippen LogP contribution in [0.2, 0.25) is 0 Å². The Balaban J connectivity index is 3.47. The third-order valence-corrected chi connectivity index (χ3v) is 13.3. The SMILES string of the molecule is CCCCCCCCCC/C=C/CC/C=C/C(O)C(CO)NC(=O)C(O)CCCCCCCCCCCCCCCCCCCCCCCCCCCCCCCCCCCC. The first kappa shape index (κ1) is 60.8. The van der Waals surface area contributed by atoms with Crippen molar-refractivity contribution in [2.45, 2.75) is 327 Å². The Morgan fingerprint density at radius 1 is 0.387 bits per heavy atom. The van der Waals surface area contributed by atoms with Crippen molar-refractivity contribution in [1.29, 1.82) is 0 Å². The molecule has 0 rings (SSSR count). The Hall–Kier alpha value is -1.17. The molecule has 0 spiro atoms. The predicted octanol–water partition coefficient (Wildman–Crippen LogP) is 17.3. The first-order valence-electron chi connectivity index (χ1n) is 28.2. The summed E-state index contributed by atoms with van der Waals surface area (Å²) in [6.07, 6.45) is 67.1. The first-order chi connectivity index (χ1) is 30.6. The average Bonchev–Trinajstić information content (AvgIpc) is 3.28. The van der Waals surface area contributed by atoms with Gasteiger partial charge >= 0.3 is 0 Å². The number of aliphatic hydroxyl groups is 3. The number of carbonyl (C=O) groups excluding carboxylic acids is 1. The van der Waals surface area contributed by atoms with Gasteiger partial charge in [-0.05, 0) is 32.1 Å². The summed E-state index contributed by atoms with van der Waals surface area (Å²) in [7, 11) is 0. The molecule has 368 valence electrons. The standard InChI is InChI=1S/C57H111NO4/c1-3-5-7-9-11-13-15-17-19-20-21-22-23-24-25-26-27-28-29-30-31-32-33-34-35-36-37-38-40-42-44-46-48-50-52-56(61)57(62)58-54(53-59)55(60)51-49-47-45-43-41-39-18-16-14-12-10-8-6-4-2/h41,43,49,51,54-56,59-61H,3-40,42,44-48,50,52-53H2,1-2H3,(H,58,62)/b43-41+,51-49+. The number of amides is 1. The van der Waals surface area contributed by atoms with Crippen molar-refractivity contribution >= 4 is 5.91 Å². The van der Waals surface area contributed by atoms with Crippen LogP contribution in [-0.2, 0) is 4.79 Å².